The van der Waals surface area contributed by atoms with Crippen LogP contribution in [0.4, 0.5) is 0 Å². The Bertz CT molecular complexity index is 409. The van der Waals surface area contributed by atoms with Gasteiger partial charge in [0.1, 0.15) is 12.0 Å². The fraction of sp³-hybridized carbons (Fsp3) is 0. The molecule has 0 aromatic carbocycles. The van der Waals surface area contributed by atoms with Gasteiger partial charge in [-0.25, -0.2) is 9.97 Å². The number of hydrogen-bond donors (Lipinski definition) is 1. The number of nitrogens with one attached hydrogen (secondary N) is 1. The first-order valence-corrected chi connectivity index (χ1v) is 3.80. The monoisotopic (exact) mass is 173 g/mol. The second-order valence-corrected chi connectivity index (χ2v) is 2.55. The van der Waals surface area contributed by atoms with Gasteiger partial charge in [0.05, 0.1) is 5.69 Å². The van der Waals surface area contributed by atoms with E-state index in [0.29, 0.717) is 12.0 Å². The Labute approximate surface area is 74.7 Å². The topological polar surface area (TPSA) is 58.6 Å². The van der Waals surface area contributed by atoms with Gasteiger partial charge in [0.2, 0.25) is 0 Å². The number of H-pyrrole nitrogens is 1. The molecule has 4 heteroatoms. The lowest BCUT2D eigenvalue weighted by molar-refractivity contribution is 0.111. The van der Waals surface area contributed by atoms with E-state index in [9.17, 15) is 4.79 Å². The first-order chi connectivity index (χ1) is 6.40. The van der Waals surface area contributed by atoms with E-state index in [1.165, 1.54) is 6.33 Å². The molecule has 4 nitrogen and oxygen atoms in total. The van der Waals surface area contributed by atoms with Gasteiger partial charge in [-0.05, 0) is 12.1 Å². The molecule has 0 atom stereocenters. The van der Waals surface area contributed by atoms with E-state index < -0.39 is 0 Å². The first kappa shape index (κ1) is 7.67. The van der Waals surface area contributed by atoms with Gasteiger partial charge in [-0.1, -0.05) is 0 Å². The van der Waals surface area contributed by atoms with Crippen LogP contribution < -0.4 is 0 Å². The van der Waals surface area contributed by atoms with Crippen molar-refractivity contribution < 1.29 is 4.79 Å². The van der Waals surface area contributed by atoms with Crippen LogP contribution in [0.3, 0.4) is 0 Å². The maximum absolute atomic E-state index is 10.4. The van der Waals surface area contributed by atoms with Crippen LogP contribution in [0.5, 0.6) is 0 Å². The van der Waals surface area contributed by atoms with Crippen LogP contribution >= 0.6 is 0 Å². The van der Waals surface area contributed by atoms with Crippen molar-refractivity contribution in [1.82, 2.24) is 15.0 Å². The van der Waals surface area contributed by atoms with Gasteiger partial charge in [0, 0.05) is 18.0 Å². The molecule has 0 amide bonds. The molecule has 0 radical (unpaired) electrons. The van der Waals surface area contributed by atoms with Crippen molar-refractivity contribution in [1.29, 1.82) is 0 Å². The fourth-order valence-electron chi connectivity index (χ4n) is 1.08. The SMILES string of the molecule is O=Cc1cc(-c2cc[nH]c2)ncn1. The van der Waals surface area contributed by atoms with Crippen LogP contribution in [0.2, 0.25) is 0 Å². The van der Waals surface area contributed by atoms with Crippen molar-refractivity contribution in [2.75, 3.05) is 0 Å². The number of nitrogens with zero attached hydrogens (tertiary/aromatic N) is 2. The highest BCUT2D eigenvalue weighted by atomic mass is 16.1. The summed E-state index contributed by atoms with van der Waals surface area (Å²) < 4.78 is 0. The largest absolute Gasteiger partial charge is 0.367 e. The summed E-state index contributed by atoms with van der Waals surface area (Å²) in [5, 5.41) is 0. The van der Waals surface area contributed by atoms with Crippen LogP contribution in [0.25, 0.3) is 11.3 Å². The average Bonchev–Trinajstić information content (AvgIpc) is 2.71. The summed E-state index contributed by atoms with van der Waals surface area (Å²) in [6.45, 7) is 0. The number of hydrogen-bond acceptors (Lipinski definition) is 3. The molecule has 64 valence electrons. The second-order valence-electron chi connectivity index (χ2n) is 2.55. The van der Waals surface area contributed by atoms with Gasteiger partial charge < -0.3 is 4.98 Å². The molecule has 0 spiro atoms. The van der Waals surface area contributed by atoms with Crippen LogP contribution in [0.1, 0.15) is 10.5 Å². The second kappa shape index (κ2) is 3.18. The molecule has 13 heavy (non-hydrogen) atoms. The first-order valence-electron chi connectivity index (χ1n) is 3.80. The van der Waals surface area contributed by atoms with Crippen LogP contribution in [-0.4, -0.2) is 21.2 Å². The van der Waals surface area contributed by atoms with Crippen LogP contribution in [0.15, 0.2) is 30.9 Å². The van der Waals surface area contributed by atoms with Gasteiger partial charge in [-0.2, -0.15) is 0 Å². The summed E-state index contributed by atoms with van der Waals surface area (Å²) in [7, 11) is 0. The highest BCUT2D eigenvalue weighted by Crippen LogP contribution is 2.14. The van der Waals surface area contributed by atoms with Crippen molar-refractivity contribution in [3.8, 4) is 11.3 Å². The zero-order valence-electron chi connectivity index (χ0n) is 6.77. The zero-order chi connectivity index (χ0) is 9.10. The molecule has 2 aromatic heterocycles. The maximum atomic E-state index is 10.4. The summed E-state index contributed by atoms with van der Waals surface area (Å²) in [5.74, 6) is 0. The number of aromatic amines is 1. The third-order valence-corrected chi connectivity index (χ3v) is 1.70. The molecule has 0 unspecified atom stereocenters. The highest BCUT2D eigenvalue weighted by molar-refractivity contribution is 5.74. The lowest BCUT2D eigenvalue weighted by Crippen LogP contribution is -1.89. The van der Waals surface area contributed by atoms with E-state index in [1.54, 1.807) is 12.3 Å². The van der Waals surface area contributed by atoms with Crippen molar-refractivity contribution in [3.05, 3.63) is 36.5 Å². The summed E-state index contributed by atoms with van der Waals surface area (Å²) in [6, 6.07) is 3.53. The van der Waals surface area contributed by atoms with Gasteiger partial charge in [-0.15, -0.1) is 0 Å². The van der Waals surface area contributed by atoms with Crippen LogP contribution in [0, 0.1) is 0 Å². The van der Waals surface area contributed by atoms with Crippen molar-refractivity contribution in [3.63, 3.8) is 0 Å². The number of aldehydes is 1. The van der Waals surface area contributed by atoms with E-state index in [0.717, 1.165) is 11.3 Å². The quantitative estimate of drug-likeness (QED) is 0.696. The molecular formula is C9H7N3O. The van der Waals surface area contributed by atoms with Crippen molar-refractivity contribution in [2.45, 2.75) is 0 Å². The summed E-state index contributed by atoms with van der Waals surface area (Å²) in [6.07, 6.45) is 5.71. The Kier molecular flexibility index (Phi) is 1.88. The molecule has 1 N–H and O–H groups in total. The molecule has 2 rings (SSSR count). The molecule has 2 aromatic rings. The van der Waals surface area contributed by atoms with Gasteiger partial charge in [-0.3, -0.25) is 4.79 Å². The normalized spacial score (nSPS) is 9.85. The summed E-state index contributed by atoms with van der Waals surface area (Å²) in [5.41, 5.74) is 2.09. The van der Waals surface area contributed by atoms with Crippen molar-refractivity contribution in [2.24, 2.45) is 0 Å². The Morgan fingerprint density at radius 3 is 3.00 bits per heavy atom. The van der Waals surface area contributed by atoms with E-state index in [2.05, 4.69) is 15.0 Å². The third kappa shape index (κ3) is 1.46. The number of aromatic nitrogens is 3. The Hall–Kier alpha value is -1.97. The number of carbonyl (C=O) groups is 1. The van der Waals surface area contributed by atoms with Gasteiger partial charge in [0.15, 0.2) is 6.29 Å². The molecule has 0 aliphatic heterocycles. The van der Waals surface area contributed by atoms with E-state index >= 15 is 0 Å². The average molecular weight is 173 g/mol. The molecule has 2 heterocycles. The molecular weight excluding hydrogens is 166 g/mol. The standard InChI is InChI=1S/C9H7N3O/c13-5-8-3-9(12-6-11-8)7-1-2-10-4-7/h1-6,10H. The smallest absolute Gasteiger partial charge is 0.168 e. The van der Waals surface area contributed by atoms with E-state index in [4.69, 9.17) is 0 Å². The summed E-state index contributed by atoms with van der Waals surface area (Å²) in [4.78, 5) is 21.2. The minimum absolute atomic E-state index is 0.395. The fourth-order valence-corrected chi connectivity index (χ4v) is 1.08. The highest BCUT2D eigenvalue weighted by Gasteiger charge is 2.00. The lowest BCUT2D eigenvalue weighted by Gasteiger charge is -1.95. The zero-order valence-corrected chi connectivity index (χ0v) is 6.77. The molecule has 0 aliphatic rings. The number of carbonyl (C=O) groups excluding carboxylic acids is 1. The minimum atomic E-state index is 0.395. The predicted octanol–water partition coefficient (Wildman–Crippen LogP) is 1.28. The molecule has 0 saturated heterocycles. The molecule has 0 aliphatic carbocycles. The maximum Gasteiger partial charge on any atom is 0.168 e. The van der Waals surface area contributed by atoms with E-state index in [-0.39, 0.29) is 0 Å². The van der Waals surface area contributed by atoms with Gasteiger partial charge in [0.25, 0.3) is 0 Å². The van der Waals surface area contributed by atoms with Crippen LogP contribution in [-0.2, 0) is 0 Å². The third-order valence-electron chi connectivity index (χ3n) is 1.70. The number of rotatable bonds is 2. The molecule has 0 bridgehead atoms. The molecule has 0 fully saturated rings. The molecule has 0 saturated carbocycles. The minimum Gasteiger partial charge on any atom is -0.367 e. The Morgan fingerprint density at radius 1 is 1.38 bits per heavy atom. The Balaban J connectivity index is 2.47. The predicted molar refractivity (Wildman–Crippen MR) is 47.2 cm³/mol. The van der Waals surface area contributed by atoms with Crippen molar-refractivity contribution >= 4 is 6.29 Å². The lowest BCUT2D eigenvalue weighted by atomic mass is 10.2. The Morgan fingerprint density at radius 2 is 2.31 bits per heavy atom. The van der Waals surface area contributed by atoms with Gasteiger partial charge >= 0.3 is 0 Å². The summed E-state index contributed by atoms with van der Waals surface area (Å²) >= 11 is 0. The van der Waals surface area contributed by atoms with E-state index in [1.807, 2.05) is 12.3 Å².